The van der Waals surface area contributed by atoms with Crippen LogP contribution in [0.3, 0.4) is 0 Å². The summed E-state index contributed by atoms with van der Waals surface area (Å²) < 4.78 is 10.7. The lowest BCUT2D eigenvalue weighted by Gasteiger charge is -2.42. The highest BCUT2D eigenvalue weighted by Gasteiger charge is 2.54. The van der Waals surface area contributed by atoms with Crippen LogP contribution in [0.4, 0.5) is 0 Å². The summed E-state index contributed by atoms with van der Waals surface area (Å²) >= 11 is 0. The minimum atomic E-state index is -1.02. The summed E-state index contributed by atoms with van der Waals surface area (Å²) in [4.78, 5) is 25.0. The zero-order valence-corrected chi connectivity index (χ0v) is 12.7. The Bertz CT molecular complexity index is 357. The van der Waals surface area contributed by atoms with Gasteiger partial charge in [-0.15, -0.1) is 0 Å². The van der Waals surface area contributed by atoms with Gasteiger partial charge in [-0.2, -0.15) is 0 Å². The molecule has 4 heteroatoms. The van der Waals surface area contributed by atoms with Gasteiger partial charge in [0.15, 0.2) is 11.2 Å². The molecule has 1 saturated carbocycles. The van der Waals surface area contributed by atoms with Crippen LogP contribution in [0, 0.1) is 17.3 Å². The van der Waals surface area contributed by atoms with E-state index in [0.717, 1.165) is 31.6 Å². The van der Waals surface area contributed by atoms with Gasteiger partial charge in [-0.25, -0.2) is 0 Å². The molecule has 0 N–H and O–H groups in total. The average Bonchev–Trinajstić information content (AvgIpc) is 2.48. The van der Waals surface area contributed by atoms with Gasteiger partial charge in [0.05, 0.1) is 19.8 Å². The Labute approximate surface area is 121 Å². The summed E-state index contributed by atoms with van der Waals surface area (Å²) in [5.74, 6) is 0.508. The van der Waals surface area contributed by atoms with Gasteiger partial charge in [-0.3, -0.25) is 9.59 Å². The van der Waals surface area contributed by atoms with Crippen molar-refractivity contribution in [3.8, 4) is 0 Å². The molecular formula is C16H26O4. The van der Waals surface area contributed by atoms with Gasteiger partial charge >= 0.3 is 5.97 Å². The molecule has 2 rings (SSSR count). The van der Waals surface area contributed by atoms with E-state index in [0.29, 0.717) is 19.6 Å². The number of ether oxygens (including phenoxy) is 2. The van der Waals surface area contributed by atoms with Gasteiger partial charge in [-0.1, -0.05) is 26.2 Å². The van der Waals surface area contributed by atoms with E-state index in [1.54, 1.807) is 6.92 Å². The van der Waals surface area contributed by atoms with Crippen LogP contribution >= 0.6 is 0 Å². The van der Waals surface area contributed by atoms with Gasteiger partial charge in [0, 0.05) is 6.42 Å². The SMILES string of the molecule is CCOC(=O)C1(C2CCC(CC)CC2)COCCC1=O. The summed E-state index contributed by atoms with van der Waals surface area (Å²) in [5, 5.41) is 0. The van der Waals surface area contributed by atoms with Gasteiger partial charge in [0.1, 0.15) is 0 Å². The molecule has 0 bridgehead atoms. The van der Waals surface area contributed by atoms with E-state index < -0.39 is 5.41 Å². The van der Waals surface area contributed by atoms with Crippen molar-refractivity contribution in [2.24, 2.45) is 17.3 Å². The van der Waals surface area contributed by atoms with Crippen molar-refractivity contribution in [2.75, 3.05) is 19.8 Å². The predicted octanol–water partition coefficient (Wildman–Crippen LogP) is 2.74. The molecule has 0 aromatic carbocycles. The smallest absolute Gasteiger partial charge is 0.322 e. The fourth-order valence-corrected chi connectivity index (χ4v) is 3.71. The van der Waals surface area contributed by atoms with Crippen molar-refractivity contribution < 1.29 is 19.1 Å². The summed E-state index contributed by atoms with van der Waals surface area (Å²) in [6.45, 7) is 4.96. The first-order valence-electron chi connectivity index (χ1n) is 7.93. The second-order valence-corrected chi connectivity index (χ2v) is 6.04. The van der Waals surface area contributed by atoms with Crippen molar-refractivity contribution in [3.05, 3.63) is 0 Å². The summed E-state index contributed by atoms with van der Waals surface area (Å²) in [5.41, 5.74) is -1.02. The molecule has 1 heterocycles. The minimum Gasteiger partial charge on any atom is -0.465 e. The molecule has 1 unspecified atom stereocenters. The molecule has 20 heavy (non-hydrogen) atoms. The third-order valence-electron chi connectivity index (χ3n) is 5.06. The van der Waals surface area contributed by atoms with E-state index in [1.165, 1.54) is 6.42 Å². The summed E-state index contributed by atoms with van der Waals surface area (Å²) in [7, 11) is 0. The first-order valence-corrected chi connectivity index (χ1v) is 7.93. The number of hydrogen-bond acceptors (Lipinski definition) is 4. The molecule has 1 aliphatic heterocycles. The Hall–Kier alpha value is -0.900. The van der Waals surface area contributed by atoms with Crippen molar-refractivity contribution in [3.63, 3.8) is 0 Å². The number of ketones is 1. The molecule has 0 aromatic rings. The Balaban J connectivity index is 2.18. The third-order valence-corrected chi connectivity index (χ3v) is 5.06. The van der Waals surface area contributed by atoms with Gasteiger partial charge in [0.2, 0.25) is 0 Å². The molecule has 0 radical (unpaired) electrons. The van der Waals surface area contributed by atoms with Crippen LogP contribution in [0.5, 0.6) is 0 Å². The van der Waals surface area contributed by atoms with Crippen molar-refractivity contribution in [2.45, 2.75) is 52.4 Å². The first kappa shape index (κ1) is 15.5. The summed E-state index contributed by atoms with van der Waals surface area (Å²) in [6, 6.07) is 0. The van der Waals surface area contributed by atoms with E-state index in [1.807, 2.05) is 0 Å². The quantitative estimate of drug-likeness (QED) is 0.587. The number of hydrogen-bond donors (Lipinski definition) is 0. The minimum absolute atomic E-state index is 0.0298. The molecule has 114 valence electrons. The third kappa shape index (κ3) is 2.76. The van der Waals surface area contributed by atoms with Crippen LogP contribution in [0.2, 0.25) is 0 Å². The molecular weight excluding hydrogens is 256 g/mol. The van der Waals surface area contributed by atoms with Gasteiger partial charge in [0.25, 0.3) is 0 Å². The van der Waals surface area contributed by atoms with E-state index in [4.69, 9.17) is 9.47 Å². The van der Waals surface area contributed by atoms with E-state index in [9.17, 15) is 9.59 Å². The average molecular weight is 282 g/mol. The Morgan fingerprint density at radius 2 is 2.00 bits per heavy atom. The zero-order chi connectivity index (χ0) is 14.6. The predicted molar refractivity (Wildman–Crippen MR) is 75.2 cm³/mol. The number of carbonyl (C=O) groups is 2. The normalized spacial score (nSPS) is 34.8. The van der Waals surface area contributed by atoms with Crippen molar-refractivity contribution in [1.82, 2.24) is 0 Å². The molecule has 0 amide bonds. The lowest BCUT2D eigenvalue weighted by molar-refractivity contribution is -0.176. The second-order valence-electron chi connectivity index (χ2n) is 6.04. The lowest BCUT2D eigenvalue weighted by Crippen LogP contribution is -2.53. The molecule has 1 saturated heterocycles. The lowest BCUT2D eigenvalue weighted by atomic mass is 9.63. The fraction of sp³-hybridized carbons (Fsp3) is 0.875. The number of carbonyl (C=O) groups excluding carboxylic acids is 2. The van der Waals surface area contributed by atoms with E-state index in [2.05, 4.69) is 6.92 Å². The van der Waals surface area contributed by atoms with Crippen molar-refractivity contribution >= 4 is 11.8 Å². The standard InChI is InChI=1S/C16H26O4/c1-3-12-5-7-13(8-6-12)16(15(18)20-4-2)11-19-10-9-14(16)17/h12-13H,3-11H2,1-2H3. The largest absolute Gasteiger partial charge is 0.465 e. The second kappa shape index (κ2) is 6.70. The van der Waals surface area contributed by atoms with Crippen LogP contribution in [0.1, 0.15) is 52.4 Å². The summed E-state index contributed by atoms with van der Waals surface area (Å²) in [6.07, 6.45) is 5.61. The Morgan fingerprint density at radius 3 is 2.55 bits per heavy atom. The Morgan fingerprint density at radius 1 is 1.30 bits per heavy atom. The molecule has 1 aliphatic carbocycles. The van der Waals surface area contributed by atoms with E-state index in [-0.39, 0.29) is 24.3 Å². The molecule has 2 aliphatic rings. The number of esters is 1. The molecule has 0 spiro atoms. The zero-order valence-electron chi connectivity index (χ0n) is 12.7. The van der Waals surface area contributed by atoms with Gasteiger partial charge in [-0.05, 0) is 31.6 Å². The van der Waals surface area contributed by atoms with Crippen LogP contribution in [0.25, 0.3) is 0 Å². The maximum atomic E-state index is 12.5. The van der Waals surface area contributed by atoms with E-state index >= 15 is 0 Å². The van der Waals surface area contributed by atoms with Crippen LogP contribution in [-0.4, -0.2) is 31.6 Å². The van der Waals surface area contributed by atoms with Gasteiger partial charge < -0.3 is 9.47 Å². The molecule has 4 nitrogen and oxygen atoms in total. The van der Waals surface area contributed by atoms with Crippen molar-refractivity contribution in [1.29, 1.82) is 0 Å². The maximum absolute atomic E-state index is 12.5. The monoisotopic (exact) mass is 282 g/mol. The Kier molecular flexibility index (Phi) is 5.19. The van der Waals surface area contributed by atoms with Crippen LogP contribution in [0.15, 0.2) is 0 Å². The number of Topliss-reactive ketones (excluding diaryl/α,β-unsaturated/α-hetero) is 1. The van der Waals surface area contributed by atoms with Crippen LogP contribution < -0.4 is 0 Å². The highest BCUT2D eigenvalue weighted by atomic mass is 16.5. The topological polar surface area (TPSA) is 52.6 Å². The molecule has 0 aromatic heterocycles. The van der Waals surface area contributed by atoms with Crippen LogP contribution in [-0.2, 0) is 19.1 Å². The fourth-order valence-electron chi connectivity index (χ4n) is 3.71. The highest BCUT2D eigenvalue weighted by molar-refractivity contribution is 6.04. The molecule has 2 fully saturated rings. The highest BCUT2D eigenvalue weighted by Crippen LogP contribution is 2.45. The maximum Gasteiger partial charge on any atom is 0.322 e. The number of rotatable bonds is 4. The first-order chi connectivity index (χ1) is 9.65. The molecule has 1 atom stereocenters.